The number of benzene rings is 2. The minimum Gasteiger partial charge on any atom is -0.496 e. The van der Waals surface area contributed by atoms with Crippen molar-refractivity contribution >= 4 is 28.4 Å². The van der Waals surface area contributed by atoms with Crippen LogP contribution in [0.25, 0.3) is 10.8 Å². The predicted molar refractivity (Wildman–Crippen MR) is 97.5 cm³/mol. The number of fused-ring (bicyclic) bond motifs is 1. The minimum absolute atomic E-state index is 0.0415. The zero-order chi connectivity index (χ0) is 17.6. The second kappa shape index (κ2) is 8.02. The topological polar surface area (TPSA) is 77.2 Å². The Kier molecular flexibility index (Phi) is 5.55. The van der Waals surface area contributed by atoms with Gasteiger partial charge in [-0.15, -0.1) is 11.8 Å². The first-order chi connectivity index (χ1) is 12.2. The minimum atomic E-state index is -0.0415. The monoisotopic (exact) mass is 357 g/mol. The van der Waals surface area contributed by atoms with Gasteiger partial charge in [0.05, 0.1) is 18.6 Å². The Bertz CT molecular complexity index is 879. The van der Waals surface area contributed by atoms with Crippen LogP contribution in [-0.2, 0) is 17.1 Å². The molecule has 25 heavy (non-hydrogen) atoms. The van der Waals surface area contributed by atoms with E-state index in [9.17, 15) is 4.79 Å². The summed E-state index contributed by atoms with van der Waals surface area (Å²) in [5.41, 5.74) is 0.979. The van der Waals surface area contributed by atoms with Crippen LogP contribution in [-0.4, -0.2) is 28.9 Å². The number of hydrogen-bond donors (Lipinski definition) is 1. The van der Waals surface area contributed by atoms with Gasteiger partial charge < -0.3 is 14.6 Å². The summed E-state index contributed by atoms with van der Waals surface area (Å²) in [6, 6.07) is 12.0. The fraction of sp³-hybridized carbons (Fsp3) is 0.278. The van der Waals surface area contributed by atoms with Crippen LogP contribution in [0.15, 0.2) is 40.9 Å². The smallest absolute Gasteiger partial charge is 0.230 e. The molecule has 0 aliphatic rings. The summed E-state index contributed by atoms with van der Waals surface area (Å²) in [4.78, 5) is 16.2. The summed E-state index contributed by atoms with van der Waals surface area (Å²) in [5, 5.41) is 8.96. The van der Waals surface area contributed by atoms with Gasteiger partial charge in [-0.3, -0.25) is 4.79 Å². The average molecular weight is 357 g/mol. The van der Waals surface area contributed by atoms with Gasteiger partial charge in [0.15, 0.2) is 5.82 Å². The summed E-state index contributed by atoms with van der Waals surface area (Å²) in [7, 11) is 1.64. The van der Waals surface area contributed by atoms with E-state index in [0.717, 1.165) is 22.1 Å². The Hall–Kier alpha value is -2.54. The number of carbonyl (C=O) groups is 1. The van der Waals surface area contributed by atoms with E-state index in [-0.39, 0.29) is 5.91 Å². The summed E-state index contributed by atoms with van der Waals surface area (Å²) in [6.07, 6.45) is 0. The number of amides is 1. The third-order valence-electron chi connectivity index (χ3n) is 3.71. The van der Waals surface area contributed by atoms with E-state index >= 15 is 0 Å². The molecule has 1 heterocycles. The van der Waals surface area contributed by atoms with Gasteiger partial charge in [-0.05, 0) is 16.8 Å². The van der Waals surface area contributed by atoms with Gasteiger partial charge in [-0.1, -0.05) is 35.5 Å². The Labute approximate surface area is 149 Å². The van der Waals surface area contributed by atoms with Crippen LogP contribution in [0.2, 0.25) is 0 Å². The molecule has 0 saturated carbocycles. The highest BCUT2D eigenvalue weighted by atomic mass is 32.2. The van der Waals surface area contributed by atoms with Crippen LogP contribution in [0.4, 0.5) is 0 Å². The first-order valence-electron chi connectivity index (χ1n) is 7.85. The van der Waals surface area contributed by atoms with Crippen molar-refractivity contribution < 1.29 is 14.1 Å². The first-order valence-corrected chi connectivity index (χ1v) is 9.01. The van der Waals surface area contributed by atoms with Crippen molar-refractivity contribution in [3.05, 3.63) is 53.7 Å². The van der Waals surface area contributed by atoms with Crippen LogP contribution in [0.1, 0.15) is 17.3 Å². The fourth-order valence-corrected chi connectivity index (χ4v) is 3.25. The Morgan fingerprint density at radius 1 is 1.28 bits per heavy atom. The maximum Gasteiger partial charge on any atom is 0.230 e. The molecule has 3 rings (SSSR count). The maximum atomic E-state index is 12.1. The average Bonchev–Trinajstić information content (AvgIpc) is 3.04. The molecular formula is C18H19N3O3S. The standard InChI is InChI=1S/C18H19N3O3S/c1-12-20-17(21-24-12)10-25-11-18(22)19-9-15-14-6-4-3-5-13(14)7-8-16(15)23-2/h3-8H,9-11H2,1-2H3,(H,19,22). The first kappa shape index (κ1) is 17.3. The number of methoxy groups -OCH3 is 1. The van der Waals surface area contributed by atoms with Gasteiger partial charge in [0, 0.05) is 19.0 Å². The second-order valence-electron chi connectivity index (χ2n) is 5.47. The Balaban J connectivity index is 1.59. The molecule has 0 unspecified atom stereocenters. The molecule has 0 spiro atoms. The third-order valence-corrected chi connectivity index (χ3v) is 4.64. The molecule has 0 atom stereocenters. The molecule has 1 aromatic heterocycles. The second-order valence-corrected chi connectivity index (χ2v) is 6.45. The fourth-order valence-electron chi connectivity index (χ4n) is 2.56. The molecule has 3 aromatic rings. The van der Waals surface area contributed by atoms with Gasteiger partial charge in [-0.25, -0.2) is 0 Å². The molecule has 1 N–H and O–H groups in total. The number of nitrogens with one attached hydrogen (secondary N) is 1. The molecular weight excluding hydrogens is 338 g/mol. The molecule has 0 fully saturated rings. The van der Waals surface area contributed by atoms with Crippen molar-refractivity contribution in [3.8, 4) is 5.75 Å². The van der Waals surface area contributed by atoms with Crippen LogP contribution in [0, 0.1) is 6.92 Å². The lowest BCUT2D eigenvalue weighted by atomic mass is 10.0. The zero-order valence-corrected chi connectivity index (χ0v) is 14.9. The molecule has 130 valence electrons. The van der Waals surface area contributed by atoms with Gasteiger partial charge in [0.2, 0.25) is 11.8 Å². The Morgan fingerprint density at radius 2 is 2.12 bits per heavy atom. The molecule has 0 bridgehead atoms. The lowest BCUT2D eigenvalue weighted by molar-refractivity contribution is -0.118. The van der Waals surface area contributed by atoms with Gasteiger partial charge in [0.25, 0.3) is 0 Å². The summed E-state index contributed by atoms with van der Waals surface area (Å²) < 4.78 is 10.3. The van der Waals surface area contributed by atoms with E-state index in [1.807, 2.05) is 36.4 Å². The predicted octanol–water partition coefficient (Wildman–Crippen LogP) is 3.09. The summed E-state index contributed by atoms with van der Waals surface area (Å²) >= 11 is 1.45. The van der Waals surface area contributed by atoms with Crippen LogP contribution in [0.3, 0.4) is 0 Å². The number of rotatable bonds is 7. The largest absolute Gasteiger partial charge is 0.496 e. The summed E-state index contributed by atoms with van der Waals surface area (Å²) in [5.74, 6) is 2.74. The number of aryl methyl sites for hydroxylation is 1. The molecule has 6 nitrogen and oxygen atoms in total. The highest BCUT2D eigenvalue weighted by molar-refractivity contribution is 7.99. The van der Waals surface area contributed by atoms with Crippen molar-refractivity contribution in [1.82, 2.24) is 15.5 Å². The molecule has 0 aliphatic carbocycles. The maximum absolute atomic E-state index is 12.1. The highest BCUT2D eigenvalue weighted by Gasteiger charge is 2.10. The van der Waals surface area contributed by atoms with Crippen molar-refractivity contribution in [1.29, 1.82) is 0 Å². The van der Waals surface area contributed by atoms with Crippen molar-refractivity contribution in [2.45, 2.75) is 19.2 Å². The number of aromatic nitrogens is 2. The zero-order valence-electron chi connectivity index (χ0n) is 14.1. The van der Waals surface area contributed by atoms with Crippen LogP contribution < -0.4 is 10.1 Å². The number of ether oxygens (including phenoxy) is 1. The van der Waals surface area contributed by atoms with Crippen LogP contribution >= 0.6 is 11.8 Å². The molecule has 7 heteroatoms. The van der Waals surface area contributed by atoms with Crippen molar-refractivity contribution in [2.75, 3.05) is 12.9 Å². The Morgan fingerprint density at radius 3 is 2.88 bits per heavy atom. The normalized spacial score (nSPS) is 10.8. The molecule has 0 saturated heterocycles. The van der Waals surface area contributed by atoms with Crippen LogP contribution in [0.5, 0.6) is 5.75 Å². The van der Waals surface area contributed by atoms with E-state index in [2.05, 4.69) is 15.5 Å². The number of carbonyl (C=O) groups excluding carboxylic acids is 1. The number of hydrogen-bond acceptors (Lipinski definition) is 6. The van der Waals surface area contributed by atoms with E-state index in [1.54, 1.807) is 14.0 Å². The van der Waals surface area contributed by atoms with Gasteiger partial charge in [0.1, 0.15) is 5.75 Å². The van der Waals surface area contributed by atoms with E-state index in [4.69, 9.17) is 9.26 Å². The molecule has 2 aromatic carbocycles. The van der Waals surface area contributed by atoms with E-state index in [1.165, 1.54) is 11.8 Å². The summed E-state index contributed by atoms with van der Waals surface area (Å²) in [6.45, 7) is 2.16. The van der Waals surface area contributed by atoms with Gasteiger partial charge in [-0.2, -0.15) is 4.98 Å². The SMILES string of the molecule is COc1ccc2ccccc2c1CNC(=O)CSCc1noc(C)n1. The third kappa shape index (κ3) is 4.30. The number of thioether (sulfide) groups is 1. The lowest BCUT2D eigenvalue weighted by Gasteiger charge is -2.13. The van der Waals surface area contributed by atoms with Gasteiger partial charge >= 0.3 is 0 Å². The molecule has 0 radical (unpaired) electrons. The molecule has 1 amide bonds. The number of nitrogens with zero attached hydrogens (tertiary/aromatic N) is 2. The highest BCUT2D eigenvalue weighted by Crippen LogP contribution is 2.27. The van der Waals surface area contributed by atoms with Crippen molar-refractivity contribution in [2.24, 2.45) is 0 Å². The van der Waals surface area contributed by atoms with E-state index in [0.29, 0.717) is 29.8 Å². The quantitative estimate of drug-likeness (QED) is 0.700. The van der Waals surface area contributed by atoms with E-state index < -0.39 is 0 Å². The molecule has 0 aliphatic heterocycles. The lowest BCUT2D eigenvalue weighted by Crippen LogP contribution is -2.25. The van der Waals surface area contributed by atoms with Crippen molar-refractivity contribution in [3.63, 3.8) is 0 Å².